The first-order chi connectivity index (χ1) is 34.9. The Morgan fingerprint density at radius 1 is 0.389 bits per heavy atom. The number of anilines is 4. The van der Waals surface area contributed by atoms with Crippen molar-refractivity contribution >= 4 is 67.1 Å². The molecular weight excluding hydrogens is 921 g/mol. The van der Waals surface area contributed by atoms with Gasteiger partial charge in [-0.1, -0.05) is 38.1 Å². The Labute approximate surface area is 416 Å². The monoisotopic (exact) mass is 989 g/mol. The van der Waals surface area contributed by atoms with Gasteiger partial charge in [0.15, 0.2) is 22.3 Å². The van der Waals surface area contributed by atoms with Gasteiger partial charge in [-0.25, -0.2) is 19.2 Å². The van der Waals surface area contributed by atoms with Crippen LogP contribution in [0.4, 0.5) is 22.7 Å². The third kappa shape index (κ3) is 10.9. The number of rotatable bonds is 6. The lowest BCUT2D eigenvalue weighted by Crippen LogP contribution is -2.46. The van der Waals surface area contributed by atoms with E-state index in [-0.39, 0.29) is 23.0 Å². The third-order valence-corrected chi connectivity index (χ3v) is 14.5. The highest BCUT2D eigenvalue weighted by Crippen LogP contribution is 2.30. The molecule has 0 saturated carbocycles. The zero-order valence-electron chi connectivity index (χ0n) is 42.4. The van der Waals surface area contributed by atoms with Crippen molar-refractivity contribution in [3.05, 3.63) is 115 Å². The van der Waals surface area contributed by atoms with Crippen LogP contribution in [0.25, 0.3) is 44.4 Å². The number of piperazine rings is 4. The fourth-order valence-corrected chi connectivity index (χ4v) is 9.89. The highest BCUT2D eigenvalue weighted by molar-refractivity contribution is 5.89. The van der Waals surface area contributed by atoms with Crippen molar-refractivity contribution in [3.63, 3.8) is 0 Å². The highest BCUT2D eigenvalue weighted by Gasteiger charge is 2.23. The summed E-state index contributed by atoms with van der Waals surface area (Å²) in [6.07, 6.45) is 0. The minimum absolute atomic E-state index is 0.297. The molecule has 0 amide bonds. The van der Waals surface area contributed by atoms with Gasteiger partial charge in [0.05, 0.1) is 44.8 Å². The number of fused-ring (bicyclic) bond motifs is 4. The maximum Gasteiger partial charge on any atom is 0.419 e. The summed E-state index contributed by atoms with van der Waals surface area (Å²) in [7, 11) is 7.73. The summed E-state index contributed by atoms with van der Waals surface area (Å²) < 4.78 is 24.3. The van der Waals surface area contributed by atoms with Gasteiger partial charge in [-0.15, -0.1) is 0 Å². The summed E-state index contributed by atoms with van der Waals surface area (Å²) in [5.41, 5.74) is 10.1. The fourth-order valence-electron chi connectivity index (χ4n) is 9.89. The van der Waals surface area contributed by atoms with Crippen molar-refractivity contribution in [2.45, 2.75) is 13.8 Å². The second-order valence-electron chi connectivity index (χ2n) is 18.9. The molecule has 4 aliphatic rings. The van der Waals surface area contributed by atoms with Crippen LogP contribution >= 0.6 is 0 Å². The minimum atomic E-state index is -0.387. The lowest BCUT2D eigenvalue weighted by molar-refractivity contribution is 0.271. The van der Waals surface area contributed by atoms with Crippen molar-refractivity contribution in [3.8, 4) is 0 Å². The summed E-state index contributed by atoms with van der Waals surface area (Å²) in [4.78, 5) is 69.7. The number of hydrogen-bond donors (Lipinski definition) is 2. The van der Waals surface area contributed by atoms with E-state index in [0.717, 1.165) is 163 Å². The molecule has 0 bridgehead atoms. The largest absolute Gasteiger partial charge is 0.419 e. The molecule has 0 radical (unpaired) electrons. The number of para-hydroxylation sites is 4. The Balaban J connectivity index is 0.000000119. The predicted octanol–water partition coefficient (Wildman–Crippen LogP) is 4.29. The van der Waals surface area contributed by atoms with Crippen molar-refractivity contribution in [1.29, 1.82) is 0 Å². The van der Waals surface area contributed by atoms with E-state index in [1.54, 1.807) is 23.2 Å². The number of oxazole rings is 4. The van der Waals surface area contributed by atoms with E-state index in [2.05, 4.69) is 77.1 Å². The molecule has 20 heteroatoms. The Hall–Kier alpha value is -7.00. The molecule has 0 spiro atoms. The number of aromatic nitrogens is 4. The molecule has 12 rings (SSSR count). The number of H-pyrrole nitrogens is 2. The van der Waals surface area contributed by atoms with E-state index >= 15 is 0 Å². The van der Waals surface area contributed by atoms with E-state index in [9.17, 15) is 19.2 Å². The molecule has 8 heterocycles. The Morgan fingerprint density at radius 2 is 0.694 bits per heavy atom. The van der Waals surface area contributed by atoms with E-state index in [0.29, 0.717) is 22.3 Å². The van der Waals surface area contributed by atoms with Gasteiger partial charge in [0, 0.05) is 119 Å². The number of nitrogens with one attached hydrogen (secondary N) is 2. The van der Waals surface area contributed by atoms with Crippen molar-refractivity contribution in [1.82, 2.24) is 38.7 Å². The van der Waals surface area contributed by atoms with Gasteiger partial charge >= 0.3 is 23.0 Å². The molecule has 8 aromatic rings. The topological polar surface area (TPSA) is 188 Å². The lowest BCUT2D eigenvalue weighted by atomic mass is 10.2. The van der Waals surface area contributed by atoms with Gasteiger partial charge < -0.3 is 56.9 Å². The smallest absolute Gasteiger partial charge is 0.406 e. The average molecular weight is 989 g/mol. The number of aryl methyl sites for hydroxylation is 2. The van der Waals surface area contributed by atoms with Crippen LogP contribution in [0, 0.1) is 0 Å². The highest BCUT2D eigenvalue weighted by atomic mass is 16.4. The van der Waals surface area contributed by atoms with Crippen LogP contribution in [0.5, 0.6) is 0 Å². The van der Waals surface area contributed by atoms with Crippen LogP contribution in [0.3, 0.4) is 0 Å². The molecule has 72 heavy (non-hydrogen) atoms. The molecule has 0 aliphatic carbocycles. The first-order valence-corrected chi connectivity index (χ1v) is 25.1. The minimum Gasteiger partial charge on any atom is -0.406 e. The van der Waals surface area contributed by atoms with Crippen molar-refractivity contribution in [2.24, 2.45) is 14.1 Å². The van der Waals surface area contributed by atoms with Gasteiger partial charge in [-0.05, 0) is 75.7 Å². The SMILES string of the molecule is CCN1CCN(c2cccc3[nH]c(=O)oc23)CC1.CCN1CCN(c2cccc3c2oc(=O)n3C)CC1.CN1CCN(c2cccc3[nH]c(=O)oc23)CC1.CN1CCN(c2cccc3c2oc(=O)n3C)CC1. The molecule has 4 aromatic heterocycles. The molecular formula is C52H68N12O8. The zero-order valence-corrected chi connectivity index (χ0v) is 42.4. The molecule has 0 unspecified atom stereocenters. The van der Waals surface area contributed by atoms with Gasteiger partial charge in [0.1, 0.15) is 0 Å². The van der Waals surface area contributed by atoms with Crippen LogP contribution in [0.15, 0.2) is 110 Å². The maximum absolute atomic E-state index is 11.6. The standard InChI is InChI=1S/C14H19N3O2.2C13H17N3O2.C12H15N3O2/c1-3-16-7-9-17(10-8-16)12-6-4-5-11-13(12)19-14(18)15(11)2;1-14-6-8-16(9-7-14)11-5-3-4-10-12(11)18-13(17)15(10)2;1-2-15-6-8-16(9-7-15)11-5-3-4-10-12(11)18-13(17)14-10;1-14-5-7-15(8-6-14)10-4-2-3-9-11(10)17-12(16)13-9/h4-6H,3,7-10H2,1-2H3;3-5H,6-9H2,1-2H3;3-5H,2,6-9H2,1H3,(H,14,17);2-4H,5-8H2,1H3,(H,13,16). The van der Waals surface area contributed by atoms with E-state index in [4.69, 9.17) is 17.7 Å². The van der Waals surface area contributed by atoms with Crippen LogP contribution < -0.4 is 42.6 Å². The zero-order chi connectivity index (χ0) is 50.5. The molecule has 384 valence electrons. The first kappa shape index (κ1) is 50.0. The van der Waals surface area contributed by atoms with Crippen LogP contribution in [0.2, 0.25) is 0 Å². The van der Waals surface area contributed by atoms with Gasteiger partial charge in [0.2, 0.25) is 0 Å². The molecule has 0 atom stereocenters. The number of likely N-dealkylation sites (N-methyl/N-ethyl adjacent to an activating group) is 4. The molecule has 2 N–H and O–H groups in total. The van der Waals surface area contributed by atoms with Crippen molar-refractivity contribution in [2.75, 3.05) is 152 Å². The number of nitrogens with zero attached hydrogens (tertiary/aromatic N) is 10. The number of benzene rings is 4. The van der Waals surface area contributed by atoms with E-state index in [1.165, 1.54) is 0 Å². The van der Waals surface area contributed by atoms with Gasteiger partial charge in [0.25, 0.3) is 0 Å². The summed E-state index contributed by atoms with van der Waals surface area (Å²) in [6.45, 7) is 22.7. The average Bonchev–Trinajstić information content (AvgIpc) is 4.15. The Bertz CT molecular complexity index is 3310. The maximum atomic E-state index is 11.6. The summed E-state index contributed by atoms with van der Waals surface area (Å²) in [6, 6.07) is 23.5. The second-order valence-corrected chi connectivity index (χ2v) is 18.9. The lowest BCUT2D eigenvalue weighted by Gasteiger charge is -2.35. The third-order valence-electron chi connectivity index (χ3n) is 14.5. The number of aromatic amines is 2. The predicted molar refractivity (Wildman–Crippen MR) is 285 cm³/mol. The Kier molecular flexibility index (Phi) is 15.4. The Morgan fingerprint density at radius 3 is 1.03 bits per heavy atom. The van der Waals surface area contributed by atoms with Crippen LogP contribution in [-0.4, -0.2) is 171 Å². The van der Waals surface area contributed by atoms with Gasteiger partial charge in [-0.2, -0.15) is 0 Å². The van der Waals surface area contributed by atoms with Gasteiger partial charge in [-0.3, -0.25) is 19.1 Å². The molecule has 4 fully saturated rings. The summed E-state index contributed by atoms with van der Waals surface area (Å²) in [5, 5.41) is 0. The van der Waals surface area contributed by atoms with Crippen LogP contribution in [-0.2, 0) is 14.1 Å². The molecule has 4 aromatic carbocycles. The first-order valence-electron chi connectivity index (χ1n) is 25.1. The summed E-state index contributed by atoms with van der Waals surface area (Å²) in [5.74, 6) is -1.37. The van der Waals surface area contributed by atoms with E-state index < -0.39 is 0 Å². The molecule has 20 nitrogen and oxygen atoms in total. The second kappa shape index (κ2) is 22.2. The molecule has 4 saturated heterocycles. The fraction of sp³-hybridized carbons (Fsp3) is 0.462. The number of hydrogen-bond acceptors (Lipinski definition) is 16. The molecule has 4 aliphatic heterocycles. The quantitative estimate of drug-likeness (QED) is 0.240. The van der Waals surface area contributed by atoms with E-state index in [1.807, 2.05) is 72.8 Å². The van der Waals surface area contributed by atoms with Crippen molar-refractivity contribution < 1.29 is 17.7 Å². The summed E-state index contributed by atoms with van der Waals surface area (Å²) >= 11 is 0. The normalized spacial score (nSPS) is 17.5. The van der Waals surface area contributed by atoms with Crippen LogP contribution in [0.1, 0.15) is 13.8 Å².